The second-order valence-corrected chi connectivity index (χ2v) is 8.69. The summed E-state index contributed by atoms with van der Waals surface area (Å²) in [7, 11) is 0. The van der Waals surface area contributed by atoms with E-state index in [1.165, 1.54) is 12.1 Å². The molecule has 1 aliphatic rings. The van der Waals surface area contributed by atoms with Gasteiger partial charge in [0.05, 0.1) is 11.4 Å². The van der Waals surface area contributed by atoms with E-state index in [1.54, 1.807) is 16.9 Å². The molecule has 5 rings (SSSR count). The zero-order chi connectivity index (χ0) is 24.4. The highest BCUT2D eigenvalue weighted by Crippen LogP contribution is 2.33. The first-order valence-electron chi connectivity index (χ1n) is 11.5. The number of aromatic nitrogens is 3. The summed E-state index contributed by atoms with van der Waals surface area (Å²) in [5, 5.41) is 4.24. The lowest BCUT2D eigenvalue weighted by atomic mass is 9.89. The van der Waals surface area contributed by atoms with Gasteiger partial charge in [0.15, 0.2) is 0 Å². The molecule has 0 saturated carbocycles. The number of likely N-dealkylation sites (tertiary alicyclic amines) is 1. The van der Waals surface area contributed by atoms with Crippen molar-refractivity contribution in [2.75, 3.05) is 13.1 Å². The van der Waals surface area contributed by atoms with Gasteiger partial charge < -0.3 is 9.15 Å². The van der Waals surface area contributed by atoms with E-state index in [9.17, 15) is 13.2 Å². The first-order valence-corrected chi connectivity index (χ1v) is 11.5. The second kappa shape index (κ2) is 9.58. The first kappa shape index (κ1) is 23.2. The van der Waals surface area contributed by atoms with Gasteiger partial charge in [-0.3, -0.25) is 4.90 Å². The quantitative estimate of drug-likeness (QED) is 0.332. The zero-order valence-corrected chi connectivity index (χ0v) is 19.2. The topological polar surface area (TPSA) is 56.3 Å². The molecule has 0 spiro atoms. The van der Waals surface area contributed by atoms with Crippen molar-refractivity contribution in [2.24, 2.45) is 0 Å². The van der Waals surface area contributed by atoms with Crippen LogP contribution in [0.1, 0.15) is 35.8 Å². The van der Waals surface area contributed by atoms with Crippen LogP contribution in [-0.4, -0.2) is 39.1 Å². The summed E-state index contributed by atoms with van der Waals surface area (Å²) in [4.78, 5) is 7.04. The maximum Gasteiger partial charge on any atom is 0.573 e. The second-order valence-electron chi connectivity index (χ2n) is 8.69. The molecule has 35 heavy (non-hydrogen) atoms. The molecule has 1 saturated heterocycles. The Labute approximate surface area is 201 Å². The van der Waals surface area contributed by atoms with Gasteiger partial charge in [-0.15, -0.1) is 13.2 Å². The van der Waals surface area contributed by atoms with Crippen molar-refractivity contribution < 1.29 is 22.3 Å². The molecule has 9 heteroatoms. The lowest BCUT2D eigenvalue weighted by Gasteiger charge is -2.31. The summed E-state index contributed by atoms with van der Waals surface area (Å²) in [6, 6.07) is 16.1. The molecule has 0 aliphatic carbocycles. The Bertz CT molecular complexity index is 1260. The number of ether oxygens (including phenoxy) is 1. The average Bonchev–Trinajstić information content (AvgIpc) is 3.49. The molecular formula is C26H25F3N4O2. The Morgan fingerprint density at radius 1 is 1.06 bits per heavy atom. The van der Waals surface area contributed by atoms with E-state index in [0.717, 1.165) is 54.2 Å². The molecule has 2 aromatic carbocycles. The molecule has 0 amide bonds. The lowest BCUT2D eigenvalue weighted by molar-refractivity contribution is -0.274. The van der Waals surface area contributed by atoms with Crippen LogP contribution in [0.4, 0.5) is 13.2 Å². The summed E-state index contributed by atoms with van der Waals surface area (Å²) in [5.74, 6) is 1.40. The van der Waals surface area contributed by atoms with Crippen LogP contribution in [-0.2, 0) is 6.54 Å². The molecule has 6 nitrogen and oxygen atoms in total. The number of piperidine rings is 1. The number of halogens is 3. The van der Waals surface area contributed by atoms with Crippen LogP contribution in [0.25, 0.3) is 17.1 Å². The maximum absolute atomic E-state index is 12.5. The van der Waals surface area contributed by atoms with E-state index in [0.29, 0.717) is 12.4 Å². The third kappa shape index (κ3) is 5.57. The highest BCUT2D eigenvalue weighted by molar-refractivity contribution is 5.56. The molecule has 0 atom stereocenters. The fraction of sp³-hybridized carbons (Fsp3) is 0.308. The van der Waals surface area contributed by atoms with E-state index in [-0.39, 0.29) is 11.7 Å². The van der Waals surface area contributed by atoms with Crippen LogP contribution in [0.3, 0.4) is 0 Å². The minimum absolute atomic E-state index is 0.166. The number of benzene rings is 2. The number of alkyl halides is 3. The van der Waals surface area contributed by atoms with Gasteiger partial charge in [0, 0.05) is 24.5 Å². The van der Waals surface area contributed by atoms with Crippen LogP contribution in [0.5, 0.6) is 5.75 Å². The normalized spacial score (nSPS) is 15.4. The predicted octanol–water partition coefficient (Wildman–Crippen LogP) is 6.11. The lowest BCUT2D eigenvalue weighted by Crippen LogP contribution is -2.32. The number of oxazole rings is 1. The van der Waals surface area contributed by atoms with Crippen molar-refractivity contribution in [3.63, 3.8) is 0 Å². The van der Waals surface area contributed by atoms with Crippen molar-refractivity contribution in [1.29, 1.82) is 0 Å². The molecule has 0 unspecified atom stereocenters. The van der Waals surface area contributed by atoms with Crippen molar-refractivity contribution >= 4 is 0 Å². The van der Waals surface area contributed by atoms with Crippen molar-refractivity contribution in [3.05, 3.63) is 84.0 Å². The van der Waals surface area contributed by atoms with Crippen LogP contribution in [0.15, 0.2) is 71.4 Å². The van der Waals surface area contributed by atoms with Gasteiger partial charge in [0.25, 0.3) is 0 Å². The van der Waals surface area contributed by atoms with E-state index in [2.05, 4.69) is 14.7 Å². The Morgan fingerprint density at radius 3 is 2.51 bits per heavy atom. The molecule has 1 fully saturated rings. The van der Waals surface area contributed by atoms with Gasteiger partial charge in [-0.2, -0.15) is 5.10 Å². The van der Waals surface area contributed by atoms with E-state index in [4.69, 9.17) is 9.40 Å². The third-order valence-corrected chi connectivity index (χ3v) is 6.30. The SMILES string of the molecule is Cc1oc(-c2ccc(-n3cccn3)cc2)nc1CN1CCC(c2cccc(OC(F)(F)F)c2)CC1. The van der Waals surface area contributed by atoms with Crippen LogP contribution in [0.2, 0.25) is 0 Å². The fourth-order valence-electron chi connectivity index (χ4n) is 4.48. The van der Waals surface area contributed by atoms with E-state index in [1.807, 2.05) is 49.5 Å². The van der Waals surface area contributed by atoms with Crippen LogP contribution in [0, 0.1) is 6.92 Å². The Balaban J connectivity index is 1.20. The molecule has 3 heterocycles. The number of hydrogen-bond donors (Lipinski definition) is 0. The Kier molecular flexibility index (Phi) is 6.34. The largest absolute Gasteiger partial charge is 0.573 e. The summed E-state index contributed by atoms with van der Waals surface area (Å²) < 4.78 is 49.5. The van der Waals surface area contributed by atoms with Gasteiger partial charge in [-0.05, 0) is 86.8 Å². The monoisotopic (exact) mass is 482 g/mol. The fourth-order valence-corrected chi connectivity index (χ4v) is 4.48. The molecule has 2 aromatic heterocycles. The summed E-state index contributed by atoms with van der Waals surface area (Å²) in [5.41, 5.74) is 3.63. The molecule has 4 aromatic rings. The minimum atomic E-state index is -4.68. The third-order valence-electron chi connectivity index (χ3n) is 6.30. The van der Waals surface area contributed by atoms with Crippen LogP contribution >= 0.6 is 0 Å². The summed E-state index contributed by atoms with van der Waals surface area (Å²) in [6.45, 7) is 4.25. The van der Waals surface area contributed by atoms with Gasteiger partial charge in [-0.1, -0.05) is 12.1 Å². The molecule has 0 bridgehead atoms. The minimum Gasteiger partial charge on any atom is -0.441 e. The molecule has 182 valence electrons. The number of nitrogens with zero attached hydrogens (tertiary/aromatic N) is 4. The van der Waals surface area contributed by atoms with E-state index < -0.39 is 6.36 Å². The number of aryl methyl sites for hydroxylation is 1. The Hall–Kier alpha value is -3.59. The maximum atomic E-state index is 12.5. The molecule has 0 N–H and O–H groups in total. The standard InChI is InChI=1S/C26H25F3N4O2/c1-18-24(31-25(34-18)20-6-8-22(9-7-20)33-13-3-12-30-33)17-32-14-10-19(11-15-32)21-4-2-5-23(16-21)35-26(27,28)29/h2-9,12-13,16,19H,10-11,14-15,17H2,1H3. The zero-order valence-electron chi connectivity index (χ0n) is 19.2. The van der Waals surface area contributed by atoms with Gasteiger partial charge in [-0.25, -0.2) is 9.67 Å². The summed E-state index contributed by atoms with van der Waals surface area (Å²) in [6.07, 6.45) is 0.652. The molecule has 0 radical (unpaired) electrons. The van der Waals surface area contributed by atoms with Crippen molar-refractivity contribution in [1.82, 2.24) is 19.7 Å². The summed E-state index contributed by atoms with van der Waals surface area (Å²) >= 11 is 0. The molecular weight excluding hydrogens is 457 g/mol. The average molecular weight is 483 g/mol. The smallest absolute Gasteiger partial charge is 0.441 e. The van der Waals surface area contributed by atoms with Gasteiger partial charge in [0.2, 0.25) is 5.89 Å². The Morgan fingerprint density at radius 2 is 1.83 bits per heavy atom. The van der Waals surface area contributed by atoms with Crippen LogP contribution < -0.4 is 4.74 Å². The number of hydrogen-bond acceptors (Lipinski definition) is 5. The van der Waals surface area contributed by atoms with Crippen molar-refractivity contribution in [3.8, 4) is 22.9 Å². The highest BCUT2D eigenvalue weighted by Gasteiger charge is 2.31. The van der Waals surface area contributed by atoms with E-state index >= 15 is 0 Å². The first-order chi connectivity index (χ1) is 16.8. The highest BCUT2D eigenvalue weighted by atomic mass is 19.4. The van der Waals surface area contributed by atoms with Crippen molar-refractivity contribution in [2.45, 2.75) is 38.6 Å². The molecule has 1 aliphatic heterocycles. The van der Waals surface area contributed by atoms with Gasteiger partial charge >= 0.3 is 6.36 Å². The van der Waals surface area contributed by atoms with Gasteiger partial charge in [0.1, 0.15) is 11.5 Å². The predicted molar refractivity (Wildman–Crippen MR) is 124 cm³/mol. The number of rotatable bonds is 6.